The number of hydrogen-bond acceptors (Lipinski definition) is 7. The first-order valence-corrected chi connectivity index (χ1v) is 14.8. The number of aryl methyl sites for hydroxylation is 1. The van der Waals surface area contributed by atoms with Crippen LogP contribution in [0.25, 0.3) is 28.0 Å². The molecular formula is C33H38F2N6O3. The number of pyridine rings is 2. The minimum atomic E-state index is -0.754. The highest BCUT2D eigenvalue weighted by Gasteiger charge is 2.36. The molecule has 5 rings (SSSR count). The topological polar surface area (TPSA) is 93.5 Å². The Bertz CT molecular complexity index is 1800. The molecule has 11 heteroatoms. The molecule has 1 fully saturated rings. The van der Waals surface area contributed by atoms with Crippen LogP contribution in [0.3, 0.4) is 0 Å². The van der Waals surface area contributed by atoms with Crippen LogP contribution in [0.15, 0.2) is 47.4 Å². The lowest BCUT2D eigenvalue weighted by molar-refractivity contribution is 0.0130. The fourth-order valence-electron chi connectivity index (χ4n) is 5.65. The first-order valence-electron chi connectivity index (χ1n) is 14.8. The summed E-state index contributed by atoms with van der Waals surface area (Å²) in [5.41, 5.74) is 0.520. The van der Waals surface area contributed by atoms with Gasteiger partial charge < -0.3 is 14.5 Å². The highest BCUT2D eigenvalue weighted by Crippen LogP contribution is 2.34. The molecular weight excluding hydrogens is 566 g/mol. The summed E-state index contributed by atoms with van der Waals surface area (Å²) in [6.45, 7) is 15.6. The summed E-state index contributed by atoms with van der Waals surface area (Å²) in [7, 11) is 0. The molecule has 2 unspecified atom stereocenters. The van der Waals surface area contributed by atoms with Crippen LogP contribution < -0.4 is 10.6 Å². The Labute approximate surface area is 255 Å². The van der Waals surface area contributed by atoms with Crippen LogP contribution >= 0.6 is 0 Å². The van der Waals surface area contributed by atoms with Gasteiger partial charge in [0.15, 0.2) is 5.65 Å². The minimum Gasteiger partial charge on any atom is -0.444 e. The highest BCUT2D eigenvalue weighted by molar-refractivity contribution is 5.90. The van der Waals surface area contributed by atoms with Crippen LogP contribution in [-0.2, 0) is 4.74 Å². The van der Waals surface area contributed by atoms with E-state index in [0.717, 1.165) is 5.56 Å². The molecule has 0 radical (unpaired) electrons. The van der Waals surface area contributed by atoms with Gasteiger partial charge in [0.25, 0.3) is 0 Å². The Morgan fingerprint density at radius 3 is 2.39 bits per heavy atom. The van der Waals surface area contributed by atoms with Gasteiger partial charge in [-0.15, -0.1) is 0 Å². The number of halogens is 2. The van der Waals surface area contributed by atoms with Gasteiger partial charge in [-0.2, -0.15) is 4.98 Å². The molecule has 1 aliphatic rings. The standard InChI is InChI=1S/C33H38F2N6O3/c1-18(2)26-28(19(3)13-14-36-26)41-30-23(15-25(35)27(37-30)22-11-9-10-12-24(22)34)29(38-31(41)42)39-16-21(5)40(17-20(39)4)32(43)44-33(6,7)8/h9-15,18,20-21H,16-17H2,1-8H3. The van der Waals surface area contributed by atoms with Crippen LogP contribution in [0.2, 0.25) is 0 Å². The van der Waals surface area contributed by atoms with E-state index in [4.69, 9.17) is 4.74 Å². The van der Waals surface area contributed by atoms with E-state index < -0.39 is 29.0 Å². The molecule has 0 bridgehead atoms. The third kappa shape index (κ3) is 5.75. The van der Waals surface area contributed by atoms with Crippen molar-refractivity contribution in [1.29, 1.82) is 0 Å². The van der Waals surface area contributed by atoms with E-state index in [2.05, 4.69) is 15.0 Å². The van der Waals surface area contributed by atoms with E-state index in [1.165, 1.54) is 28.8 Å². The average molecular weight is 605 g/mol. The fraction of sp³-hybridized carbons (Fsp3) is 0.424. The van der Waals surface area contributed by atoms with Crippen molar-refractivity contribution in [2.24, 2.45) is 0 Å². The van der Waals surface area contributed by atoms with E-state index in [1.807, 2.05) is 60.3 Å². The number of carbonyl (C=O) groups excluding carboxylic acids is 1. The zero-order chi connectivity index (χ0) is 32.1. The van der Waals surface area contributed by atoms with Crippen LogP contribution in [-0.4, -0.2) is 61.3 Å². The quantitative estimate of drug-likeness (QED) is 0.267. The first-order chi connectivity index (χ1) is 20.7. The largest absolute Gasteiger partial charge is 0.444 e. The van der Waals surface area contributed by atoms with E-state index in [-0.39, 0.29) is 46.1 Å². The number of ether oxygens (including phenoxy) is 1. The summed E-state index contributed by atoms with van der Waals surface area (Å²) in [4.78, 5) is 44.2. The summed E-state index contributed by atoms with van der Waals surface area (Å²) in [6, 6.07) is 8.25. The van der Waals surface area contributed by atoms with Gasteiger partial charge in [-0.3, -0.25) is 4.98 Å². The normalized spacial score (nSPS) is 17.4. The molecule has 9 nitrogen and oxygen atoms in total. The molecule has 0 N–H and O–H groups in total. The average Bonchev–Trinajstić information content (AvgIpc) is 2.93. The van der Waals surface area contributed by atoms with Crippen molar-refractivity contribution in [1.82, 2.24) is 24.4 Å². The van der Waals surface area contributed by atoms with Crippen molar-refractivity contribution in [3.8, 4) is 16.9 Å². The van der Waals surface area contributed by atoms with Crippen molar-refractivity contribution in [3.63, 3.8) is 0 Å². The molecule has 3 aromatic heterocycles. The smallest absolute Gasteiger partial charge is 0.410 e. The summed E-state index contributed by atoms with van der Waals surface area (Å²) in [5.74, 6) is -1.21. The monoisotopic (exact) mass is 604 g/mol. The summed E-state index contributed by atoms with van der Waals surface area (Å²) >= 11 is 0. The van der Waals surface area contributed by atoms with E-state index in [0.29, 0.717) is 24.5 Å². The number of hydrogen-bond donors (Lipinski definition) is 0. The zero-order valence-corrected chi connectivity index (χ0v) is 26.4. The van der Waals surface area contributed by atoms with Crippen LogP contribution in [0.1, 0.15) is 65.6 Å². The maximum absolute atomic E-state index is 15.9. The predicted octanol–water partition coefficient (Wildman–Crippen LogP) is 6.39. The second kappa shape index (κ2) is 11.6. The Balaban J connectivity index is 1.74. The van der Waals surface area contributed by atoms with Gasteiger partial charge in [0.1, 0.15) is 28.7 Å². The Morgan fingerprint density at radius 2 is 1.73 bits per heavy atom. The SMILES string of the molecule is Cc1ccnc(C(C)C)c1-n1c(=O)nc(N2CC(C)N(C(=O)OC(C)(C)C)CC2C)c2cc(F)c(-c3ccccc3F)nc21. The number of carbonyl (C=O) groups is 1. The van der Waals surface area contributed by atoms with Crippen LogP contribution in [0.4, 0.5) is 19.4 Å². The minimum absolute atomic E-state index is 0.0239. The van der Waals surface area contributed by atoms with Crippen molar-refractivity contribution < 1.29 is 18.3 Å². The second-order valence-corrected chi connectivity index (χ2v) is 12.7. The van der Waals surface area contributed by atoms with Crippen molar-refractivity contribution in [2.75, 3.05) is 18.0 Å². The molecule has 4 aromatic rings. The first kappa shape index (κ1) is 31.0. The van der Waals surface area contributed by atoms with Gasteiger partial charge in [-0.05, 0) is 77.3 Å². The van der Waals surface area contributed by atoms with Crippen molar-refractivity contribution >= 4 is 22.9 Å². The summed E-state index contributed by atoms with van der Waals surface area (Å²) in [5, 5.41) is 0.282. The third-order valence-corrected chi connectivity index (χ3v) is 7.74. The molecule has 0 saturated carbocycles. The maximum Gasteiger partial charge on any atom is 0.410 e. The van der Waals surface area contributed by atoms with E-state index >= 15 is 4.39 Å². The molecule has 1 amide bonds. The fourth-order valence-corrected chi connectivity index (χ4v) is 5.65. The molecule has 0 aliphatic carbocycles. The van der Waals surface area contributed by atoms with Crippen LogP contribution in [0.5, 0.6) is 0 Å². The molecule has 44 heavy (non-hydrogen) atoms. The highest BCUT2D eigenvalue weighted by atomic mass is 19.1. The zero-order valence-electron chi connectivity index (χ0n) is 26.4. The lowest BCUT2D eigenvalue weighted by Gasteiger charge is -2.44. The second-order valence-electron chi connectivity index (χ2n) is 12.7. The van der Waals surface area contributed by atoms with Gasteiger partial charge in [-0.25, -0.2) is 27.9 Å². The number of piperazine rings is 1. The molecule has 1 saturated heterocycles. The van der Waals surface area contributed by atoms with Crippen LogP contribution in [0, 0.1) is 18.6 Å². The summed E-state index contributed by atoms with van der Waals surface area (Å²) in [6.07, 6.45) is 1.24. The Morgan fingerprint density at radius 1 is 1.02 bits per heavy atom. The number of nitrogens with zero attached hydrogens (tertiary/aromatic N) is 6. The number of benzene rings is 1. The molecule has 1 aromatic carbocycles. The van der Waals surface area contributed by atoms with Gasteiger partial charge in [0.05, 0.1) is 16.8 Å². The number of rotatable bonds is 4. The molecule has 0 spiro atoms. The van der Waals surface area contributed by atoms with Gasteiger partial charge >= 0.3 is 11.8 Å². The molecule has 4 heterocycles. The third-order valence-electron chi connectivity index (χ3n) is 7.74. The Kier molecular flexibility index (Phi) is 8.17. The lowest BCUT2D eigenvalue weighted by atomic mass is 10.0. The molecule has 1 aliphatic heterocycles. The van der Waals surface area contributed by atoms with E-state index in [9.17, 15) is 14.0 Å². The maximum atomic E-state index is 15.9. The number of aromatic nitrogens is 4. The lowest BCUT2D eigenvalue weighted by Crippen LogP contribution is -2.59. The molecule has 232 valence electrons. The molecule has 2 atom stereocenters. The number of amides is 1. The van der Waals surface area contributed by atoms with Crippen molar-refractivity contribution in [3.05, 3.63) is 76.0 Å². The van der Waals surface area contributed by atoms with Gasteiger partial charge in [-0.1, -0.05) is 26.0 Å². The number of fused-ring (bicyclic) bond motifs is 1. The van der Waals surface area contributed by atoms with E-state index in [1.54, 1.807) is 23.2 Å². The van der Waals surface area contributed by atoms with Gasteiger partial charge in [0.2, 0.25) is 0 Å². The predicted molar refractivity (Wildman–Crippen MR) is 166 cm³/mol. The van der Waals surface area contributed by atoms with Crippen molar-refractivity contribution in [2.45, 2.75) is 79.0 Å². The van der Waals surface area contributed by atoms with Gasteiger partial charge in [0, 0.05) is 36.9 Å². The Hall–Kier alpha value is -4.41. The number of anilines is 1. The summed E-state index contributed by atoms with van der Waals surface area (Å²) < 4.78 is 37.8.